The summed E-state index contributed by atoms with van der Waals surface area (Å²) in [5, 5.41) is 0. The highest BCUT2D eigenvalue weighted by atomic mass is 19.4. The zero-order valence-electron chi connectivity index (χ0n) is 16.3. The van der Waals surface area contributed by atoms with Crippen LogP contribution in [0.1, 0.15) is 67.9 Å². The van der Waals surface area contributed by atoms with Crippen molar-refractivity contribution in [3.05, 3.63) is 58.1 Å². The Morgan fingerprint density at radius 3 is 1.81 bits per heavy atom. The minimum Gasteiger partial charge on any atom is -0.166 e. The molecule has 0 fully saturated rings. The van der Waals surface area contributed by atoms with E-state index in [2.05, 4.69) is 33.8 Å². The summed E-state index contributed by atoms with van der Waals surface area (Å²) in [6.45, 7) is 8.65. The summed E-state index contributed by atoms with van der Waals surface area (Å²) in [6, 6.07) is 7.96. The molecule has 0 radical (unpaired) electrons. The molecule has 0 N–H and O–H groups in total. The van der Waals surface area contributed by atoms with E-state index < -0.39 is 11.7 Å². The fourth-order valence-electron chi connectivity index (χ4n) is 3.71. The number of rotatable bonds is 7. The van der Waals surface area contributed by atoms with E-state index in [1.807, 2.05) is 0 Å². The molecule has 0 aromatic heterocycles. The monoisotopic (exact) mass is 362 g/mol. The summed E-state index contributed by atoms with van der Waals surface area (Å²) in [5.74, 6) is 0. The van der Waals surface area contributed by atoms with Crippen molar-refractivity contribution >= 4 is 0 Å². The van der Waals surface area contributed by atoms with E-state index >= 15 is 0 Å². The Morgan fingerprint density at radius 1 is 0.769 bits per heavy atom. The Labute approximate surface area is 155 Å². The molecule has 0 saturated carbocycles. The lowest BCUT2D eigenvalue weighted by atomic mass is 9.84. The van der Waals surface area contributed by atoms with Gasteiger partial charge in [-0.05, 0) is 71.7 Å². The Hall–Kier alpha value is -1.77. The van der Waals surface area contributed by atoms with Gasteiger partial charge in [-0.15, -0.1) is 0 Å². The van der Waals surface area contributed by atoms with E-state index in [0.717, 1.165) is 49.7 Å². The molecule has 2 aromatic rings. The topological polar surface area (TPSA) is 0 Å². The Morgan fingerprint density at radius 2 is 1.31 bits per heavy atom. The first-order valence-corrected chi connectivity index (χ1v) is 9.65. The normalized spacial score (nSPS) is 11.8. The molecule has 26 heavy (non-hydrogen) atoms. The Balaban J connectivity index is 2.66. The second-order valence-corrected chi connectivity index (χ2v) is 7.00. The molecule has 2 aromatic carbocycles. The number of benzene rings is 2. The Kier molecular flexibility index (Phi) is 6.91. The molecular formula is C23H29F3. The van der Waals surface area contributed by atoms with Gasteiger partial charge in [0.2, 0.25) is 0 Å². The molecule has 2 rings (SSSR count). The van der Waals surface area contributed by atoms with Crippen molar-refractivity contribution in [3.8, 4) is 11.1 Å². The minimum absolute atomic E-state index is 0.588. The van der Waals surface area contributed by atoms with Crippen molar-refractivity contribution in [1.29, 1.82) is 0 Å². The quantitative estimate of drug-likeness (QED) is 0.477. The third-order valence-corrected chi connectivity index (χ3v) is 4.95. The predicted octanol–water partition coefficient (Wildman–Crippen LogP) is 7.54. The first kappa shape index (κ1) is 20.5. The number of halogens is 3. The fourth-order valence-corrected chi connectivity index (χ4v) is 3.71. The summed E-state index contributed by atoms with van der Waals surface area (Å²) in [7, 11) is 0. The minimum atomic E-state index is -4.29. The fraction of sp³-hybridized carbons (Fsp3) is 0.478. The lowest BCUT2D eigenvalue weighted by Crippen LogP contribution is -2.06. The van der Waals surface area contributed by atoms with Gasteiger partial charge < -0.3 is 0 Å². The van der Waals surface area contributed by atoms with E-state index in [1.54, 1.807) is 12.1 Å². The molecule has 0 heterocycles. The third kappa shape index (κ3) is 4.49. The maximum Gasteiger partial charge on any atom is 0.416 e. The molecule has 0 atom stereocenters. The van der Waals surface area contributed by atoms with Gasteiger partial charge in [-0.3, -0.25) is 0 Å². The molecule has 0 aliphatic heterocycles. The van der Waals surface area contributed by atoms with Crippen molar-refractivity contribution in [3.63, 3.8) is 0 Å². The standard InChI is InChI=1S/C23H29F3/c1-5-8-18-15-19(9-6-2)22(21(10-7-3)16(18)4)17-11-13-20(14-12-17)23(24,25)26/h11-15H,5-10H2,1-4H3. The van der Waals surface area contributed by atoms with E-state index in [9.17, 15) is 13.2 Å². The predicted molar refractivity (Wildman–Crippen MR) is 104 cm³/mol. The maximum atomic E-state index is 12.9. The van der Waals surface area contributed by atoms with E-state index in [1.165, 1.54) is 34.4 Å². The van der Waals surface area contributed by atoms with Gasteiger partial charge in [0.25, 0.3) is 0 Å². The molecule has 0 unspecified atom stereocenters. The highest BCUT2D eigenvalue weighted by Crippen LogP contribution is 2.36. The largest absolute Gasteiger partial charge is 0.416 e. The zero-order chi connectivity index (χ0) is 19.3. The molecule has 0 aliphatic rings. The second kappa shape index (κ2) is 8.75. The smallest absolute Gasteiger partial charge is 0.166 e. The van der Waals surface area contributed by atoms with Crippen LogP contribution in [-0.2, 0) is 25.4 Å². The summed E-state index contributed by atoms with van der Waals surface area (Å²) in [6.07, 6.45) is 1.80. The zero-order valence-corrected chi connectivity index (χ0v) is 16.3. The van der Waals surface area contributed by atoms with Gasteiger partial charge >= 0.3 is 6.18 Å². The van der Waals surface area contributed by atoms with Crippen LogP contribution >= 0.6 is 0 Å². The molecule has 0 amide bonds. The number of alkyl halides is 3. The van der Waals surface area contributed by atoms with Gasteiger partial charge in [0, 0.05) is 0 Å². The van der Waals surface area contributed by atoms with Crippen LogP contribution in [-0.4, -0.2) is 0 Å². The average molecular weight is 362 g/mol. The van der Waals surface area contributed by atoms with Gasteiger partial charge in [0.05, 0.1) is 5.56 Å². The number of aryl methyl sites for hydroxylation is 2. The van der Waals surface area contributed by atoms with Crippen LogP contribution in [0.2, 0.25) is 0 Å². The number of hydrogen-bond acceptors (Lipinski definition) is 0. The van der Waals surface area contributed by atoms with Crippen molar-refractivity contribution < 1.29 is 13.2 Å². The van der Waals surface area contributed by atoms with Crippen LogP contribution in [0.25, 0.3) is 11.1 Å². The van der Waals surface area contributed by atoms with Crippen LogP contribution in [0.5, 0.6) is 0 Å². The molecule has 142 valence electrons. The molecule has 3 heteroatoms. The lowest BCUT2D eigenvalue weighted by Gasteiger charge is -2.21. The maximum absolute atomic E-state index is 12.9. The molecule has 0 nitrogen and oxygen atoms in total. The van der Waals surface area contributed by atoms with Crippen LogP contribution in [0.15, 0.2) is 30.3 Å². The summed E-state index contributed by atoms with van der Waals surface area (Å²) in [5.41, 5.74) is 6.73. The highest BCUT2D eigenvalue weighted by Gasteiger charge is 2.30. The van der Waals surface area contributed by atoms with E-state index in [4.69, 9.17) is 0 Å². The highest BCUT2D eigenvalue weighted by molar-refractivity contribution is 5.74. The lowest BCUT2D eigenvalue weighted by molar-refractivity contribution is -0.137. The van der Waals surface area contributed by atoms with Gasteiger partial charge in [0.15, 0.2) is 0 Å². The van der Waals surface area contributed by atoms with Crippen LogP contribution in [0, 0.1) is 6.92 Å². The van der Waals surface area contributed by atoms with Crippen molar-refractivity contribution in [2.75, 3.05) is 0 Å². The molecule has 0 aliphatic carbocycles. The Bertz CT molecular complexity index is 725. The summed E-state index contributed by atoms with van der Waals surface area (Å²) < 4.78 is 38.8. The van der Waals surface area contributed by atoms with E-state index in [0.29, 0.717) is 0 Å². The SMILES string of the molecule is CCCc1cc(CCC)c(-c2ccc(C(F)(F)F)cc2)c(CCC)c1C. The molecule has 0 saturated heterocycles. The molecule has 0 spiro atoms. The van der Waals surface area contributed by atoms with Gasteiger partial charge in [0.1, 0.15) is 0 Å². The second-order valence-electron chi connectivity index (χ2n) is 7.00. The van der Waals surface area contributed by atoms with Crippen LogP contribution in [0.3, 0.4) is 0 Å². The first-order chi connectivity index (χ1) is 12.3. The summed E-state index contributed by atoms with van der Waals surface area (Å²) in [4.78, 5) is 0. The van der Waals surface area contributed by atoms with Crippen LogP contribution < -0.4 is 0 Å². The molecular weight excluding hydrogens is 333 g/mol. The van der Waals surface area contributed by atoms with Crippen LogP contribution in [0.4, 0.5) is 13.2 Å². The van der Waals surface area contributed by atoms with E-state index in [-0.39, 0.29) is 0 Å². The summed E-state index contributed by atoms with van der Waals surface area (Å²) >= 11 is 0. The van der Waals surface area contributed by atoms with Gasteiger partial charge in [-0.25, -0.2) is 0 Å². The van der Waals surface area contributed by atoms with Gasteiger partial charge in [-0.1, -0.05) is 58.2 Å². The third-order valence-electron chi connectivity index (χ3n) is 4.95. The average Bonchev–Trinajstić information content (AvgIpc) is 2.59. The van der Waals surface area contributed by atoms with Gasteiger partial charge in [-0.2, -0.15) is 13.2 Å². The van der Waals surface area contributed by atoms with Crippen molar-refractivity contribution in [2.45, 2.75) is 72.4 Å². The van der Waals surface area contributed by atoms with Crippen molar-refractivity contribution in [1.82, 2.24) is 0 Å². The van der Waals surface area contributed by atoms with Crippen molar-refractivity contribution in [2.24, 2.45) is 0 Å². The first-order valence-electron chi connectivity index (χ1n) is 9.65. The number of hydrogen-bond donors (Lipinski definition) is 0. The molecule has 0 bridgehead atoms.